The maximum Gasteiger partial charge on any atom is 0.295 e. The van der Waals surface area contributed by atoms with Gasteiger partial charge in [0.1, 0.15) is 5.76 Å². The summed E-state index contributed by atoms with van der Waals surface area (Å²) in [5, 5.41) is 10.8. The SMILES string of the molecule is CN(C)c1ccc([C@H]2C(=C(O)c3ccccc3)C(=O)C(=O)N2CCN)cc1. The van der Waals surface area contributed by atoms with Crippen LogP contribution < -0.4 is 10.6 Å². The van der Waals surface area contributed by atoms with Gasteiger partial charge in [0.05, 0.1) is 11.6 Å². The predicted molar refractivity (Wildman–Crippen MR) is 105 cm³/mol. The molecule has 1 saturated heterocycles. The van der Waals surface area contributed by atoms with Gasteiger partial charge in [-0.3, -0.25) is 9.59 Å². The van der Waals surface area contributed by atoms with E-state index >= 15 is 0 Å². The number of anilines is 1. The number of nitrogens with two attached hydrogens (primary N) is 1. The molecule has 1 heterocycles. The molecule has 27 heavy (non-hydrogen) atoms. The van der Waals surface area contributed by atoms with Gasteiger partial charge in [-0.05, 0) is 17.7 Å². The summed E-state index contributed by atoms with van der Waals surface area (Å²) in [6.07, 6.45) is 0. The molecule has 0 saturated carbocycles. The number of hydrogen-bond acceptors (Lipinski definition) is 5. The Morgan fingerprint density at radius 3 is 2.26 bits per heavy atom. The summed E-state index contributed by atoms with van der Waals surface area (Å²) < 4.78 is 0. The van der Waals surface area contributed by atoms with E-state index in [0.717, 1.165) is 11.3 Å². The molecule has 0 spiro atoms. The van der Waals surface area contributed by atoms with Crippen LogP contribution in [0.4, 0.5) is 5.69 Å². The van der Waals surface area contributed by atoms with Crippen molar-refractivity contribution in [1.29, 1.82) is 0 Å². The first-order chi connectivity index (χ1) is 13.0. The number of nitrogens with zero attached hydrogens (tertiary/aromatic N) is 2. The van der Waals surface area contributed by atoms with Crippen LogP contribution in [0.1, 0.15) is 17.2 Å². The van der Waals surface area contributed by atoms with E-state index in [0.29, 0.717) is 5.56 Å². The Labute approximate surface area is 158 Å². The largest absolute Gasteiger partial charge is 0.507 e. The second-order valence-corrected chi connectivity index (χ2v) is 6.63. The smallest absolute Gasteiger partial charge is 0.295 e. The molecule has 2 aromatic rings. The molecule has 6 nitrogen and oxygen atoms in total. The van der Waals surface area contributed by atoms with Crippen molar-refractivity contribution >= 4 is 23.1 Å². The molecule has 2 aromatic carbocycles. The van der Waals surface area contributed by atoms with Gasteiger partial charge in [-0.1, -0.05) is 42.5 Å². The lowest BCUT2D eigenvalue weighted by Crippen LogP contribution is -2.34. The zero-order chi connectivity index (χ0) is 19.6. The van der Waals surface area contributed by atoms with Crippen molar-refractivity contribution in [3.63, 3.8) is 0 Å². The molecule has 1 aliphatic rings. The lowest BCUT2D eigenvalue weighted by Gasteiger charge is -2.25. The quantitative estimate of drug-likeness (QED) is 0.482. The van der Waals surface area contributed by atoms with Gasteiger partial charge in [0.15, 0.2) is 0 Å². The van der Waals surface area contributed by atoms with Gasteiger partial charge in [0, 0.05) is 38.4 Å². The fraction of sp³-hybridized carbons (Fsp3) is 0.238. The minimum absolute atomic E-state index is 0.0947. The van der Waals surface area contributed by atoms with Gasteiger partial charge in [0.2, 0.25) is 0 Å². The molecule has 1 aliphatic heterocycles. The molecule has 6 heteroatoms. The van der Waals surface area contributed by atoms with Gasteiger partial charge >= 0.3 is 0 Å². The highest BCUT2D eigenvalue weighted by Gasteiger charge is 2.45. The first kappa shape index (κ1) is 18.7. The van der Waals surface area contributed by atoms with Crippen molar-refractivity contribution < 1.29 is 14.7 Å². The number of aliphatic hydroxyl groups is 1. The fourth-order valence-corrected chi connectivity index (χ4v) is 3.30. The second-order valence-electron chi connectivity index (χ2n) is 6.63. The number of Topliss-reactive ketones (excluding diaryl/α,β-unsaturated/α-hetero) is 1. The Morgan fingerprint density at radius 1 is 1.07 bits per heavy atom. The molecule has 3 rings (SSSR count). The summed E-state index contributed by atoms with van der Waals surface area (Å²) in [6.45, 7) is 0.459. The van der Waals surface area contributed by atoms with Crippen molar-refractivity contribution in [3.05, 3.63) is 71.3 Å². The maximum atomic E-state index is 12.7. The standard InChI is InChI=1S/C21H23N3O3/c1-23(2)16-10-8-14(9-11-16)18-17(19(25)15-6-4-3-5-7-15)20(26)21(27)24(18)13-12-22/h3-11,18,25H,12-13,22H2,1-2H3/t18-/m0/s1. The predicted octanol–water partition coefficient (Wildman–Crippen LogP) is 2.13. The maximum absolute atomic E-state index is 12.7. The van der Waals surface area contributed by atoms with Gasteiger partial charge in [-0.25, -0.2) is 0 Å². The third-order valence-electron chi connectivity index (χ3n) is 4.68. The molecule has 1 fully saturated rings. The van der Waals surface area contributed by atoms with E-state index in [2.05, 4.69) is 0 Å². The first-order valence-electron chi connectivity index (χ1n) is 8.77. The monoisotopic (exact) mass is 365 g/mol. The van der Waals surface area contributed by atoms with E-state index < -0.39 is 17.7 Å². The molecule has 0 bridgehead atoms. The topological polar surface area (TPSA) is 86.9 Å². The molecule has 1 atom stereocenters. The van der Waals surface area contributed by atoms with Crippen molar-refractivity contribution in [2.45, 2.75) is 6.04 Å². The summed E-state index contributed by atoms with van der Waals surface area (Å²) >= 11 is 0. The number of likely N-dealkylation sites (tertiary alicyclic amines) is 1. The zero-order valence-electron chi connectivity index (χ0n) is 15.4. The molecule has 0 radical (unpaired) electrons. The summed E-state index contributed by atoms with van der Waals surface area (Å²) in [5.41, 5.74) is 8.01. The van der Waals surface area contributed by atoms with Crippen LogP contribution in [0.3, 0.4) is 0 Å². The Hall–Kier alpha value is -3.12. The van der Waals surface area contributed by atoms with Gasteiger partial charge in [0.25, 0.3) is 11.7 Å². The highest BCUT2D eigenvalue weighted by Crippen LogP contribution is 2.39. The number of benzene rings is 2. The second kappa shape index (κ2) is 7.63. The summed E-state index contributed by atoms with van der Waals surface area (Å²) in [5.74, 6) is -1.50. The van der Waals surface area contributed by atoms with Gasteiger partial charge < -0.3 is 20.6 Å². The number of hydrogen-bond donors (Lipinski definition) is 2. The zero-order valence-corrected chi connectivity index (χ0v) is 15.4. The van der Waals surface area contributed by atoms with E-state index in [1.165, 1.54) is 4.90 Å². The minimum atomic E-state index is -0.688. The van der Waals surface area contributed by atoms with E-state index in [-0.39, 0.29) is 24.4 Å². The van der Waals surface area contributed by atoms with Crippen LogP contribution in [0.25, 0.3) is 5.76 Å². The third kappa shape index (κ3) is 3.44. The highest BCUT2D eigenvalue weighted by molar-refractivity contribution is 6.46. The molecule has 0 unspecified atom stereocenters. The number of carbonyl (C=O) groups excluding carboxylic acids is 2. The van der Waals surface area contributed by atoms with Crippen LogP contribution in [0.5, 0.6) is 0 Å². The van der Waals surface area contributed by atoms with E-state index in [1.54, 1.807) is 24.3 Å². The van der Waals surface area contributed by atoms with Crippen LogP contribution in [-0.4, -0.2) is 48.9 Å². The van der Waals surface area contributed by atoms with Crippen LogP contribution in [0.15, 0.2) is 60.2 Å². The van der Waals surface area contributed by atoms with Crippen LogP contribution in [0, 0.1) is 0 Å². The molecule has 1 amide bonds. The van der Waals surface area contributed by atoms with Crippen LogP contribution >= 0.6 is 0 Å². The average Bonchev–Trinajstić information content (AvgIpc) is 2.93. The summed E-state index contributed by atoms with van der Waals surface area (Å²) in [6, 6.07) is 15.7. The minimum Gasteiger partial charge on any atom is -0.507 e. The van der Waals surface area contributed by atoms with E-state index in [9.17, 15) is 14.7 Å². The van der Waals surface area contributed by atoms with Crippen LogP contribution in [-0.2, 0) is 9.59 Å². The number of ketones is 1. The van der Waals surface area contributed by atoms with Crippen molar-refractivity contribution in [2.75, 3.05) is 32.1 Å². The lowest BCUT2D eigenvalue weighted by molar-refractivity contribution is -0.139. The van der Waals surface area contributed by atoms with Gasteiger partial charge in [-0.2, -0.15) is 0 Å². The normalized spacial score (nSPS) is 18.8. The first-order valence-corrected chi connectivity index (χ1v) is 8.77. The molecular formula is C21H23N3O3. The average molecular weight is 365 g/mol. The Balaban J connectivity index is 2.14. The highest BCUT2D eigenvalue weighted by atomic mass is 16.3. The number of amides is 1. The van der Waals surface area contributed by atoms with Crippen molar-refractivity contribution in [3.8, 4) is 0 Å². The molecule has 3 N–H and O–H groups in total. The Morgan fingerprint density at radius 2 is 1.70 bits per heavy atom. The molecule has 0 aliphatic carbocycles. The summed E-state index contributed by atoms with van der Waals surface area (Å²) in [7, 11) is 3.87. The van der Waals surface area contributed by atoms with Gasteiger partial charge in [-0.15, -0.1) is 0 Å². The van der Waals surface area contributed by atoms with Crippen molar-refractivity contribution in [1.82, 2.24) is 4.90 Å². The molecule has 140 valence electrons. The summed E-state index contributed by atoms with van der Waals surface area (Å²) in [4.78, 5) is 28.7. The number of carbonyl (C=O) groups is 2. The molecular weight excluding hydrogens is 342 g/mol. The third-order valence-corrected chi connectivity index (χ3v) is 4.68. The Kier molecular flexibility index (Phi) is 5.28. The lowest BCUT2D eigenvalue weighted by atomic mass is 9.95. The fourth-order valence-electron chi connectivity index (χ4n) is 3.30. The van der Waals surface area contributed by atoms with Crippen LogP contribution in [0.2, 0.25) is 0 Å². The van der Waals surface area contributed by atoms with Crippen molar-refractivity contribution in [2.24, 2.45) is 5.73 Å². The number of rotatable bonds is 5. The molecule has 0 aromatic heterocycles. The van der Waals surface area contributed by atoms with E-state index in [4.69, 9.17) is 5.73 Å². The Bertz CT molecular complexity index is 873. The number of aliphatic hydroxyl groups excluding tert-OH is 1. The van der Waals surface area contributed by atoms with E-state index in [1.807, 2.05) is 49.3 Å².